The predicted octanol–water partition coefficient (Wildman–Crippen LogP) is 21.5. The number of fused-ring (bicyclic) bond motifs is 15. The van der Waals surface area contributed by atoms with E-state index in [0.717, 1.165) is 67.9 Å². The predicted molar refractivity (Wildman–Crippen MR) is 349 cm³/mol. The summed E-state index contributed by atoms with van der Waals surface area (Å²) in [5.41, 5.74) is 21.9. The van der Waals surface area contributed by atoms with Gasteiger partial charge in [0.1, 0.15) is 11.5 Å². The van der Waals surface area contributed by atoms with Crippen molar-refractivity contribution in [2.24, 2.45) is 0 Å². The van der Waals surface area contributed by atoms with E-state index in [1.165, 1.54) is 75.8 Å². The monoisotopic (exact) mass is 1090 g/mol. The average Bonchev–Trinajstić information content (AvgIpc) is 2.12. The number of anilines is 6. The third kappa shape index (κ3) is 6.86. The highest BCUT2D eigenvalue weighted by atomic mass is 32.1. The molecule has 0 unspecified atom stereocenters. The summed E-state index contributed by atoms with van der Waals surface area (Å²) in [5.74, 6) is 1.69. The third-order valence-corrected chi connectivity index (χ3v) is 19.2. The molecule has 0 fully saturated rings. The van der Waals surface area contributed by atoms with Crippen LogP contribution in [0.1, 0.15) is 44.5 Å². The first-order chi connectivity index (χ1) is 41.7. The van der Waals surface area contributed by atoms with Crippen LogP contribution in [0.5, 0.6) is 11.5 Å². The van der Waals surface area contributed by atoms with E-state index in [2.05, 4.69) is 325 Å². The Morgan fingerprint density at radius 2 is 0.786 bits per heavy atom. The highest BCUT2D eigenvalue weighted by Gasteiger charge is 2.52. The van der Waals surface area contributed by atoms with Gasteiger partial charge in [0, 0.05) is 49.2 Å². The highest BCUT2D eigenvalue weighted by molar-refractivity contribution is 7.26. The van der Waals surface area contributed by atoms with Crippen LogP contribution in [0, 0.1) is 0 Å². The van der Waals surface area contributed by atoms with Crippen molar-refractivity contribution in [2.45, 2.75) is 10.8 Å². The zero-order chi connectivity index (χ0) is 55.3. The van der Waals surface area contributed by atoms with Gasteiger partial charge in [-0.15, -0.1) is 11.3 Å². The molecule has 1 aliphatic heterocycles. The van der Waals surface area contributed by atoms with Gasteiger partial charge < -0.3 is 14.5 Å². The van der Waals surface area contributed by atoms with Crippen molar-refractivity contribution in [3.05, 3.63) is 360 Å². The first-order valence-corrected chi connectivity index (χ1v) is 29.7. The Kier molecular flexibility index (Phi) is 10.9. The minimum atomic E-state index is -0.668. The van der Waals surface area contributed by atoms with E-state index in [0.29, 0.717) is 0 Å². The maximum absolute atomic E-state index is 7.64. The van der Waals surface area contributed by atoms with E-state index in [1.807, 2.05) is 11.3 Å². The number of ether oxygens (including phenoxy) is 1. The van der Waals surface area contributed by atoms with E-state index in [4.69, 9.17) is 4.74 Å². The molecular weight excluding hydrogens is 1040 g/mol. The molecule has 0 bridgehead atoms. The molecule has 0 radical (unpaired) electrons. The number of hydrogen-bond donors (Lipinski definition) is 0. The molecular formula is C80H52N2OS. The van der Waals surface area contributed by atoms with Gasteiger partial charge in [0.05, 0.1) is 32.6 Å². The molecule has 2 aliphatic carbocycles. The quantitative estimate of drug-likeness (QED) is 0.143. The second-order valence-electron chi connectivity index (χ2n) is 22.1. The first kappa shape index (κ1) is 48.2. The summed E-state index contributed by atoms with van der Waals surface area (Å²) in [5, 5.41) is 2.36. The van der Waals surface area contributed by atoms with Crippen LogP contribution in [0.25, 0.3) is 53.6 Å². The zero-order valence-electron chi connectivity index (χ0n) is 45.7. The highest BCUT2D eigenvalue weighted by Crippen LogP contribution is 2.65. The standard InChI is InChI=1S/C80H52N2OS/c1-5-26-53(27-6-1)75-71(51-50-69-77(75)83-73-48-22-21-45-68(73)80(69)66-43-19-15-38-61(66)62-39-16-20-44-67(62)80)82(58-35-23-30-55(52-58)79(54-28-7-2-8-29-54)64-41-17-13-36-59(64)60-37-14-18-42-65(60)79)70-46-25-49-74-76(70)63-40-24-47-72(78(63)84-74)81(56-31-9-3-10-32-56)57-33-11-4-12-34-57/h1-52H. The maximum atomic E-state index is 7.64. The Morgan fingerprint density at radius 3 is 1.40 bits per heavy atom. The fourth-order valence-corrected chi connectivity index (χ4v) is 16.0. The van der Waals surface area contributed by atoms with Gasteiger partial charge in [-0.05, 0) is 128 Å². The molecule has 3 aliphatic rings. The molecule has 0 saturated carbocycles. The molecule has 0 N–H and O–H groups in total. The Hall–Kier alpha value is -10.5. The van der Waals surface area contributed by atoms with Gasteiger partial charge >= 0.3 is 0 Å². The van der Waals surface area contributed by atoms with Gasteiger partial charge in [-0.2, -0.15) is 0 Å². The largest absolute Gasteiger partial charge is 0.456 e. The van der Waals surface area contributed by atoms with Gasteiger partial charge in [0.25, 0.3) is 0 Å². The summed E-state index contributed by atoms with van der Waals surface area (Å²) in [4.78, 5) is 4.96. The van der Waals surface area contributed by atoms with Crippen LogP contribution < -0.4 is 14.5 Å². The van der Waals surface area contributed by atoms with Crippen LogP contribution in [0.4, 0.5) is 34.1 Å². The number of thiophene rings is 1. The van der Waals surface area contributed by atoms with Crippen molar-refractivity contribution >= 4 is 65.6 Å². The molecule has 17 rings (SSSR count). The Balaban J connectivity index is 0.986. The van der Waals surface area contributed by atoms with Gasteiger partial charge in [0.15, 0.2) is 0 Å². The molecule has 4 heteroatoms. The topological polar surface area (TPSA) is 15.7 Å². The van der Waals surface area contributed by atoms with Crippen LogP contribution in [0.2, 0.25) is 0 Å². The first-order valence-electron chi connectivity index (χ1n) is 28.9. The SMILES string of the molecule is c1ccc(-c2c(N(c3cccc(C4(c5ccccc5)c5ccccc5-c5ccccc54)c3)c3cccc4sc5c(N(c6ccccc6)c6ccccc6)cccc5c34)ccc3c2Oc2ccccc2C32c3ccccc3-c3ccccc32)cc1. The Labute approximate surface area is 492 Å². The van der Waals surface area contributed by atoms with Gasteiger partial charge in [-0.25, -0.2) is 0 Å². The van der Waals surface area contributed by atoms with Gasteiger partial charge in [-0.3, -0.25) is 0 Å². The van der Waals surface area contributed by atoms with Crippen LogP contribution in [0.3, 0.4) is 0 Å². The Morgan fingerprint density at radius 1 is 0.310 bits per heavy atom. The smallest absolute Gasteiger partial charge is 0.142 e. The molecule has 394 valence electrons. The average molecular weight is 1090 g/mol. The van der Waals surface area contributed by atoms with Crippen LogP contribution in [-0.4, -0.2) is 0 Å². The van der Waals surface area contributed by atoms with Crippen molar-refractivity contribution in [1.82, 2.24) is 0 Å². The molecule has 0 saturated heterocycles. The summed E-state index contributed by atoms with van der Waals surface area (Å²) in [6.45, 7) is 0. The summed E-state index contributed by atoms with van der Waals surface area (Å²) in [7, 11) is 0. The number of hydrogen-bond acceptors (Lipinski definition) is 4. The second kappa shape index (κ2) is 19.0. The van der Waals surface area contributed by atoms with Crippen LogP contribution >= 0.6 is 11.3 Å². The normalized spacial score (nSPS) is 13.5. The van der Waals surface area contributed by atoms with E-state index in [-0.39, 0.29) is 0 Å². The van der Waals surface area contributed by atoms with E-state index in [9.17, 15) is 0 Å². The fourth-order valence-electron chi connectivity index (χ4n) is 14.7. The van der Waals surface area contributed by atoms with Crippen molar-refractivity contribution < 1.29 is 4.74 Å². The van der Waals surface area contributed by atoms with Crippen molar-refractivity contribution in [3.63, 3.8) is 0 Å². The fraction of sp³-hybridized carbons (Fsp3) is 0.0250. The minimum Gasteiger partial charge on any atom is -0.456 e. The van der Waals surface area contributed by atoms with Gasteiger partial charge in [-0.1, -0.05) is 249 Å². The number of nitrogens with zero attached hydrogens (tertiary/aromatic N) is 2. The lowest BCUT2D eigenvalue weighted by Gasteiger charge is -2.41. The summed E-state index contributed by atoms with van der Waals surface area (Å²) in [6, 6.07) is 116. The zero-order valence-corrected chi connectivity index (χ0v) is 46.5. The lowest BCUT2D eigenvalue weighted by molar-refractivity contribution is 0.438. The summed E-state index contributed by atoms with van der Waals surface area (Å²) in [6.07, 6.45) is 0. The molecule has 13 aromatic carbocycles. The number of para-hydroxylation sites is 3. The minimum absolute atomic E-state index is 0.634. The van der Waals surface area contributed by atoms with E-state index in [1.54, 1.807) is 0 Å². The van der Waals surface area contributed by atoms with Crippen LogP contribution in [-0.2, 0) is 10.8 Å². The van der Waals surface area contributed by atoms with E-state index >= 15 is 0 Å². The maximum Gasteiger partial charge on any atom is 0.142 e. The number of rotatable bonds is 9. The van der Waals surface area contributed by atoms with Crippen molar-refractivity contribution in [3.8, 4) is 44.9 Å². The second-order valence-corrected chi connectivity index (χ2v) is 23.2. The van der Waals surface area contributed by atoms with E-state index < -0.39 is 10.8 Å². The van der Waals surface area contributed by atoms with Crippen molar-refractivity contribution in [1.29, 1.82) is 0 Å². The molecule has 2 heterocycles. The molecule has 0 atom stereocenters. The molecule has 1 aromatic heterocycles. The third-order valence-electron chi connectivity index (χ3n) is 18.0. The summed E-state index contributed by atoms with van der Waals surface area (Å²) < 4.78 is 10.0. The lowest BCUT2D eigenvalue weighted by Crippen LogP contribution is -2.32. The van der Waals surface area contributed by atoms with Crippen molar-refractivity contribution in [2.75, 3.05) is 9.80 Å². The van der Waals surface area contributed by atoms with Crippen LogP contribution in [0.15, 0.2) is 315 Å². The molecule has 0 amide bonds. The molecule has 3 nitrogen and oxygen atoms in total. The van der Waals surface area contributed by atoms with Gasteiger partial charge in [0.2, 0.25) is 0 Å². The lowest BCUT2D eigenvalue weighted by atomic mass is 9.65. The number of benzene rings is 13. The Bertz CT molecular complexity index is 4770. The summed E-state index contributed by atoms with van der Waals surface area (Å²) >= 11 is 1.85. The molecule has 84 heavy (non-hydrogen) atoms. The molecule has 14 aromatic rings. The molecule has 1 spiro atoms.